The smallest absolute Gasteiger partial charge is 0.164 e. The number of piperazine rings is 1. The van der Waals surface area contributed by atoms with Crippen LogP contribution in [0.25, 0.3) is 0 Å². The highest BCUT2D eigenvalue weighted by Crippen LogP contribution is 2.24. The minimum absolute atomic E-state index is 0.0743. The summed E-state index contributed by atoms with van der Waals surface area (Å²) in [4.78, 5) is 16.8. The summed E-state index contributed by atoms with van der Waals surface area (Å²) in [7, 11) is 0. The molecule has 1 saturated heterocycles. The Morgan fingerprint density at radius 3 is 2.57 bits per heavy atom. The fourth-order valence-corrected chi connectivity index (χ4v) is 3.39. The maximum atomic E-state index is 13.9. The zero-order chi connectivity index (χ0) is 19.9. The number of ketones is 1. The van der Waals surface area contributed by atoms with Gasteiger partial charge < -0.3 is 15.4 Å². The van der Waals surface area contributed by atoms with E-state index in [1.54, 1.807) is 24.3 Å². The van der Waals surface area contributed by atoms with Crippen LogP contribution in [0.1, 0.15) is 30.1 Å². The van der Waals surface area contributed by atoms with Crippen LogP contribution in [0.15, 0.2) is 42.5 Å². The Morgan fingerprint density at radius 1 is 1.14 bits per heavy atom. The van der Waals surface area contributed by atoms with Crippen LogP contribution in [-0.2, 0) is 0 Å². The van der Waals surface area contributed by atoms with Gasteiger partial charge in [-0.1, -0.05) is 19.1 Å². The third-order valence-electron chi connectivity index (χ3n) is 5.01. The summed E-state index contributed by atoms with van der Waals surface area (Å²) in [6, 6.07) is 12.1. The lowest BCUT2D eigenvalue weighted by Gasteiger charge is -2.36. The van der Waals surface area contributed by atoms with Gasteiger partial charge >= 0.3 is 0 Å². The average molecular weight is 385 g/mol. The number of para-hydroxylation sites is 1. The predicted molar refractivity (Wildman–Crippen MR) is 111 cm³/mol. The van der Waals surface area contributed by atoms with Crippen molar-refractivity contribution in [3.05, 3.63) is 53.8 Å². The maximum Gasteiger partial charge on any atom is 0.164 e. The van der Waals surface area contributed by atoms with Crippen LogP contribution in [0, 0.1) is 5.82 Å². The molecule has 0 atom stereocenters. The fourth-order valence-electron chi connectivity index (χ4n) is 3.39. The molecule has 0 bridgehead atoms. The first kappa shape index (κ1) is 20.1. The quantitative estimate of drug-likeness (QED) is 0.556. The topological polar surface area (TPSA) is 58.8 Å². The first-order valence-electron chi connectivity index (χ1n) is 9.86. The molecule has 2 aromatic rings. The number of Topliss-reactive ketones (excluding diaryl/α,β-unsaturated/α-hetero) is 1. The molecule has 0 aliphatic carbocycles. The Labute approximate surface area is 165 Å². The minimum atomic E-state index is -0.185. The van der Waals surface area contributed by atoms with Crippen molar-refractivity contribution >= 4 is 17.2 Å². The first-order valence-corrected chi connectivity index (χ1v) is 9.86. The largest absolute Gasteiger partial charge is 0.491 e. The number of carbonyl (C=O) groups is 1. The molecule has 0 radical (unpaired) electrons. The van der Waals surface area contributed by atoms with Crippen LogP contribution >= 0.6 is 0 Å². The van der Waals surface area contributed by atoms with Crippen molar-refractivity contribution < 1.29 is 13.9 Å². The zero-order valence-electron chi connectivity index (χ0n) is 16.4. The number of carbonyl (C=O) groups excluding carboxylic acids is 1. The Kier molecular flexibility index (Phi) is 6.87. The van der Waals surface area contributed by atoms with Gasteiger partial charge in [-0.15, -0.1) is 0 Å². The maximum absolute atomic E-state index is 13.9. The number of anilines is 2. The van der Waals surface area contributed by atoms with Gasteiger partial charge in [0.05, 0.1) is 18.0 Å². The standard InChI is InChI=1S/C22H28FN3O2/c1-2-15-28-22-8-7-17(16-19(22)24)21(27)9-10-25-11-13-26(14-12-25)20-6-4-3-5-18(20)23/h3-8,16H,2,9-15,24H2,1H3. The molecular formula is C22H28FN3O2. The number of halogens is 1. The van der Waals surface area contributed by atoms with Gasteiger partial charge in [-0.2, -0.15) is 0 Å². The summed E-state index contributed by atoms with van der Waals surface area (Å²) in [6.07, 6.45) is 1.35. The highest BCUT2D eigenvalue weighted by atomic mass is 19.1. The summed E-state index contributed by atoms with van der Waals surface area (Å²) in [6.45, 7) is 6.47. The summed E-state index contributed by atoms with van der Waals surface area (Å²) >= 11 is 0. The Hall–Kier alpha value is -2.60. The molecule has 28 heavy (non-hydrogen) atoms. The van der Waals surface area contributed by atoms with Crippen molar-refractivity contribution in [3.8, 4) is 5.75 Å². The normalized spacial score (nSPS) is 14.9. The molecule has 0 saturated carbocycles. The Morgan fingerprint density at radius 2 is 1.89 bits per heavy atom. The second-order valence-corrected chi connectivity index (χ2v) is 7.05. The summed E-state index contributed by atoms with van der Waals surface area (Å²) in [5.74, 6) is 0.517. The molecule has 2 aromatic carbocycles. The van der Waals surface area contributed by atoms with Crippen molar-refractivity contribution in [2.24, 2.45) is 0 Å². The number of hydrogen-bond donors (Lipinski definition) is 1. The van der Waals surface area contributed by atoms with E-state index in [4.69, 9.17) is 10.5 Å². The van der Waals surface area contributed by atoms with Crippen LogP contribution < -0.4 is 15.4 Å². The molecule has 5 nitrogen and oxygen atoms in total. The van der Waals surface area contributed by atoms with Crippen molar-refractivity contribution in [2.75, 3.05) is 50.0 Å². The summed E-state index contributed by atoms with van der Waals surface area (Å²) < 4.78 is 19.5. The van der Waals surface area contributed by atoms with Crippen molar-refractivity contribution in [1.29, 1.82) is 0 Å². The highest BCUT2D eigenvalue weighted by Gasteiger charge is 2.20. The number of nitrogens with zero attached hydrogens (tertiary/aromatic N) is 2. The van der Waals surface area contributed by atoms with Crippen molar-refractivity contribution in [1.82, 2.24) is 4.90 Å². The third-order valence-corrected chi connectivity index (χ3v) is 5.01. The number of hydrogen-bond acceptors (Lipinski definition) is 5. The molecule has 1 aliphatic heterocycles. The molecule has 3 rings (SSSR count). The van der Waals surface area contributed by atoms with E-state index in [0.29, 0.717) is 42.3 Å². The molecule has 0 amide bonds. The van der Waals surface area contributed by atoms with E-state index in [2.05, 4.69) is 9.80 Å². The van der Waals surface area contributed by atoms with Gasteiger partial charge in [-0.05, 0) is 36.8 Å². The first-order chi connectivity index (χ1) is 13.6. The minimum Gasteiger partial charge on any atom is -0.491 e. The van der Waals surface area contributed by atoms with E-state index in [9.17, 15) is 9.18 Å². The molecular weight excluding hydrogens is 357 g/mol. The van der Waals surface area contributed by atoms with Crippen LogP contribution in [-0.4, -0.2) is 50.0 Å². The lowest BCUT2D eigenvalue weighted by molar-refractivity contribution is 0.0962. The average Bonchev–Trinajstić information content (AvgIpc) is 2.72. The van der Waals surface area contributed by atoms with E-state index in [1.165, 1.54) is 6.07 Å². The SMILES string of the molecule is CCCOc1ccc(C(=O)CCN2CCN(c3ccccc3F)CC2)cc1N. The van der Waals surface area contributed by atoms with Crippen molar-refractivity contribution in [3.63, 3.8) is 0 Å². The van der Waals surface area contributed by atoms with E-state index >= 15 is 0 Å². The molecule has 1 fully saturated rings. The molecule has 1 heterocycles. The van der Waals surface area contributed by atoms with Crippen LogP contribution in [0.4, 0.5) is 15.8 Å². The van der Waals surface area contributed by atoms with Gasteiger partial charge in [0.15, 0.2) is 5.78 Å². The second-order valence-electron chi connectivity index (χ2n) is 7.05. The lowest BCUT2D eigenvalue weighted by atomic mass is 10.1. The Bertz CT molecular complexity index is 804. The molecule has 0 aromatic heterocycles. The monoisotopic (exact) mass is 385 g/mol. The molecule has 1 aliphatic rings. The van der Waals surface area contributed by atoms with Gasteiger partial charge in [0.1, 0.15) is 11.6 Å². The zero-order valence-corrected chi connectivity index (χ0v) is 16.4. The summed E-state index contributed by atoms with van der Waals surface area (Å²) in [5, 5.41) is 0. The van der Waals surface area contributed by atoms with Crippen LogP contribution in [0.3, 0.4) is 0 Å². The summed E-state index contributed by atoms with van der Waals surface area (Å²) in [5.41, 5.74) is 7.76. The van der Waals surface area contributed by atoms with Gasteiger partial charge in [0.25, 0.3) is 0 Å². The molecule has 0 spiro atoms. The highest BCUT2D eigenvalue weighted by molar-refractivity contribution is 5.97. The number of benzene rings is 2. The van der Waals surface area contributed by atoms with Gasteiger partial charge in [0.2, 0.25) is 0 Å². The van der Waals surface area contributed by atoms with Gasteiger partial charge in [-0.25, -0.2) is 4.39 Å². The number of ether oxygens (including phenoxy) is 1. The van der Waals surface area contributed by atoms with Crippen LogP contribution in [0.5, 0.6) is 5.75 Å². The van der Waals surface area contributed by atoms with E-state index < -0.39 is 0 Å². The molecule has 6 heteroatoms. The third kappa shape index (κ3) is 5.01. The van der Waals surface area contributed by atoms with Crippen LogP contribution in [0.2, 0.25) is 0 Å². The fraction of sp³-hybridized carbons (Fsp3) is 0.409. The molecule has 150 valence electrons. The van der Waals surface area contributed by atoms with E-state index in [0.717, 1.165) is 32.6 Å². The predicted octanol–water partition coefficient (Wildman–Crippen LogP) is 3.59. The molecule has 0 unspecified atom stereocenters. The molecule has 2 N–H and O–H groups in total. The van der Waals surface area contributed by atoms with Crippen molar-refractivity contribution in [2.45, 2.75) is 19.8 Å². The number of rotatable bonds is 8. The van der Waals surface area contributed by atoms with E-state index in [-0.39, 0.29) is 11.6 Å². The Balaban J connectivity index is 1.48. The van der Waals surface area contributed by atoms with E-state index in [1.807, 2.05) is 19.1 Å². The lowest BCUT2D eigenvalue weighted by Crippen LogP contribution is -2.47. The van der Waals surface area contributed by atoms with Gasteiger partial charge in [0, 0.05) is 44.7 Å². The second kappa shape index (κ2) is 9.55. The number of nitrogen functional groups attached to an aromatic ring is 1. The number of nitrogens with two attached hydrogens (primary N) is 1. The van der Waals surface area contributed by atoms with Gasteiger partial charge in [-0.3, -0.25) is 9.69 Å².